The molecule has 120 valence electrons. The second-order valence-corrected chi connectivity index (χ2v) is 7.66. The molecule has 0 aliphatic rings. The normalized spacial score (nSPS) is 10.8. The number of anilines is 1. The van der Waals surface area contributed by atoms with Crippen LogP contribution < -0.4 is 5.32 Å². The Hall–Kier alpha value is -1.64. The number of rotatable bonds is 7. The van der Waals surface area contributed by atoms with Crippen LogP contribution >= 0.6 is 34.0 Å². The van der Waals surface area contributed by atoms with Crippen molar-refractivity contribution < 1.29 is 4.79 Å². The van der Waals surface area contributed by atoms with Gasteiger partial charge in [0.05, 0.1) is 0 Å². The molecule has 3 rings (SSSR count). The summed E-state index contributed by atoms with van der Waals surface area (Å²) in [4.78, 5) is 16.6. The highest BCUT2D eigenvalue weighted by molar-refractivity contribution is 7.15. The van der Waals surface area contributed by atoms with E-state index < -0.39 is 0 Å². The lowest BCUT2D eigenvalue weighted by atomic mass is 10.2. The maximum absolute atomic E-state index is 12.2. The van der Waals surface area contributed by atoms with Crippen LogP contribution in [0.25, 0.3) is 10.6 Å². The van der Waals surface area contributed by atoms with Crippen molar-refractivity contribution in [1.29, 1.82) is 0 Å². The van der Waals surface area contributed by atoms with Crippen molar-refractivity contribution >= 4 is 45.0 Å². The van der Waals surface area contributed by atoms with Crippen LogP contribution in [-0.2, 0) is 6.42 Å². The second-order valence-electron chi connectivity index (χ2n) is 4.96. The third-order valence-corrected chi connectivity index (χ3v) is 5.66. The minimum atomic E-state index is -0.237. The maximum atomic E-state index is 12.2. The summed E-state index contributed by atoms with van der Waals surface area (Å²) in [6, 6.07) is 2.00. The van der Waals surface area contributed by atoms with Gasteiger partial charge in [-0.05, 0) is 17.9 Å². The molecule has 3 aromatic rings. The Morgan fingerprint density at radius 3 is 2.96 bits per heavy atom. The van der Waals surface area contributed by atoms with Crippen molar-refractivity contribution in [1.82, 2.24) is 15.2 Å². The van der Waals surface area contributed by atoms with E-state index in [2.05, 4.69) is 27.4 Å². The smallest absolute Gasteiger partial charge is 0.276 e. The van der Waals surface area contributed by atoms with Gasteiger partial charge in [0.2, 0.25) is 5.13 Å². The van der Waals surface area contributed by atoms with Crippen molar-refractivity contribution in [2.24, 2.45) is 0 Å². The average Bonchev–Trinajstić information content (AvgIpc) is 3.29. The summed E-state index contributed by atoms with van der Waals surface area (Å²) >= 11 is 4.52. The number of hydrogen-bond donors (Lipinski definition) is 1. The summed E-state index contributed by atoms with van der Waals surface area (Å²) in [5.74, 6) is -0.237. The quantitative estimate of drug-likeness (QED) is 0.617. The van der Waals surface area contributed by atoms with Crippen molar-refractivity contribution in [3.63, 3.8) is 0 Å². The molecule has 0 aliphatic carbocycles. The zero-order chi connectivity index (χ0) is 16.1. The second kappa shape index (κ2) is 7.76. The molecule has 0 atom stereocenters. The Bertz CT molecular complexity index is 763. The first-order valence-corrected chi connectivity index (χ1v) is 10.0. The van der Waals surface area contributed by atoms with Gasteiger partial charge >= 0.3 is 0 Å². The molecule has 0 radical (unpaired) electrons. The van der Waals surface area contributed by atoms with Gasteiger partial charge in [-0.2, -0.15) is 11.3 Å². The first-order chi connectivity index (χ1) is 11.3. The van der Waals surface area contributed by atoms with Gasteiger partial charge in [0.25, 0.3) is 5.91 Å². The number of unbranched alkanes of at least 4 members (excludes halogenated alkanes) is 2. The number of aryl methyl sites for hydroxylation is 1. The molecule has 3 heterocycles. The number of carbonyl (C=O) groups is 1. The number of carbonyl (C=O) groups excluding carboxylic acids is 1. The van der Waals surface area contributed by atoms with Crippen LogP contribution in [0.1, 0.15) is 41.7 Å². The number of nitrogens with zero attached hydrogens (tertiary/aromatic N) is 3. The SMILES string of the molecule is CCCCCc1nnc(NC(=O)c2csc(-c3ccsc3)n2)s1. The Labute approximate surface area is 146 Å². The standard InChI is InChI=1S/C15H16N4OS3/c1-2-3-4-5-12-18-19-15(23-12)17-13(20)11-9-22-14(16-11)10-6-7-21-8-10/h6-9H,2-5H2,1H3,(H,17,19,20). The highest BCUT2D eigenvalue weighted by atomic mass is 32.1. The number of hydrogen-bond acceptors (Lipinski definition) is 7. The highest BCUT2D eigenvalue weighted by Crippen LogP contribution is 2.26. The van der Waals surface area contributed by atoms with E-state index in [1.165, 1.54) is 35.5 Å². The zero-order valence-electron chi connectivity index (χ0n) is 12.6. The van der Waals surface area contributed by atoms with E-state index in [9.17, 15) is 4.79 Å². The molecule has 0 saturated carbocycles. The van der Waals surface area contributed by atoms with E-state index in [1.807, 2.05) is 16.8 Å². The van der Waals surface area contributed by atoms with Gasteiger partial charge < -0.3 is 0 Å². The third-order valence-electron chi connectivity index (χ3n) is 3.19. The van der Waals surface area contributed by atoms with Crippen LogP contribution in [0.15, 0.2) is 22.2 Å². The lowest BCUT2D eigenvalue weighted by Gasteiger charge is -1.96. The molecular weight excluding hydrogens is 348 g/mol. The lowest BCUT2D eigenvalue weighted by molar-refractivity contribution is 0.102. The lowest BCUT2D eigenvalue weighted by Crippen LogP contribution is -2.12. The molecule has 1 N–H and O–H groups in total. The van der Waals surface area contributed by atoms with E-state index in [4.69, 9.17) is 0 Å². The number of thiophene rings is 1. The summed E-state index contributed by atoms with van der Waals surface area (Å²) in [7, 11) is 0. The predicted octanol–water partition coefficient (Wildman–Crippen LogP) is 4.71. The fourth-order valence-corrected chi connectivity index (χ4v) is 4.28. The van der Waals surface area contributed by atoms with E-state index >= 15 is 0 Å². The number of aromatic nitrogens is 3. The van der Waals surface area contributed by atoms with E-state index in [1.54, 1.807) is 16.7 Å². The van der Waals surface area contributed by atoms with Crippen LogP contribution in [0.5, 0.6) is 0 Å². The van der Waals surface area contributed by atoms with Crippen LogP contribution in [0.2, 0.25) is 0 Å². The zero-order valence-corrected chi connectivity index (χ0v) is 15.1. The van der Waals surface area contributed by atoms with Crippen LogP contribution in [0.4, 0.5) is 5.13 Å². The van der Waals surface area contributed by atoms with Crippen molar-refractivity contribution in [3.05, 3.63) is 32.9 Å². The largest absolute Gasteiger partial charge is 0.295 e. The molecule has 0 fully saturated rings. The first kappa shape index (κ1) is 16.2. The monoisotopic (exact) mass is 364 g/mol. The van der Waals surface area contributed by atoms with E-state index in [0.29, 0.717) is 10.8 Å². The van der Waals surface area contributed by atoms with Gasteiger partial charge in [-0.25, -0.2) is 4.98 Å². The fraction of sp³-hybridized carbons (Fsp3) is 0.333. The molecule has 5 nitrogen and oxygen atoms in total. The van der Waals surface area contributed by atoms with Crippen molar-refractivity contribution in [2.75, 3.05) is 5.32 Å². The van der Waals surface area contributed by atoms with Crippen LogP contribution in [0, 0.1) is 0 Å². The van der Waals surface area contributed by atoms with Gasteiger partial charge in [-0.1, -0.05) is 31.1 Å². The molecule has 0 saturated heterocycles. The summed E-state index contributed by atoms with van der Waals surface area (Å²) < 4.78 is 0. The first-order valence-electron chi connectivity index (χ1n) is 7.38. The summed E-state index contributed by atoms with van der Waals surface area (Å²) in [6.07, 6.45) is 4.39. The highest BCUT2D eigenvalue weighted by Gasteiger charge is 2.14. The molecule has 0 aliphatic heterocycles. The number of amides is 1. The van der Waals surface area contributed by atoms with Gasteiger partial charge in [0, 0.05) is 22.7 Å². The van der Waals surface area contributed by atoms with Gasteiger partial charge in [0.1, 0.15) is 15.7 Å². The number of thiazole rings is 1. The minimum absolute atomic E-state index is 0.237. The average molecular weight is 365 g/mol. The Balaban J connectivity index is 1.61. The Morgan fingerprint density at radius 2 is 2.17 bits per heavy atom. The summed E-state index contributed by atoms with van der Waals surface area (Å²) in [6.45, 7) is 2.17. The minimum Gasteiger partial charge on any atom is -0.295 e. The third kappa shape index (κ3) is 4.21. The molecular formula is C15H16N4OS3. The maximum Gasteiger partial charge on any atom is 0.276 e. The van der Waals surface area contributed by atoms with Crippen LogP contribution in [0.3, 0.4) is 0 Å². The molecule has 3 aromatic heterocycles. The molecule has 8 heteroatoms. The topological polar surface area (TPSA) is 67.8 Å². The van der Waals surface area contributed by atoms with E-state index in [0.717, 1.165) is 28.4 Å². The van der Waals surface area contributed by atoms with Crippen molar-refractivity contribution in [3.8, 4) is 10.6 Å². The Morgan fingerprint density at radius 1 is 1.26 bits per heavy atom. The molecule has 0 spiro atoms. The summed E-state index contributed by atoms with van der Waals surface area (Å²) in [5.41, 5.74) is 1.46. The van der Waals surface area contributed by atoms with Crippen LogP contribution in [-0.4, -0.2) is 21.1 Å². The van der Waals surface area contributed by atoms with Gasteiger partial charge in [-0.3, -0.25) is 10.1 Å². The molecule has 0 bridgehead atoms. The molecule has 1 amide bonds. The molecule has 23 heavy (non-hydrogen) atoms. The fourth-order valence-electron chi connectivity index (χ4n) is 1.99. The van der Waals surface area contributed by atoms with E-state index in [-0.39, 0.29) is 5.91 Å². The number of nitrogens with one attached hydrogen (secondary N) is 1. The molecule has 0 unspecified atom stereocenters. The van der Waals surface area contributed by atoms with Crippen molar-refractivity contribution in [2.45, 2.75) is 32.6 Å². The van der Waals surface area contributed by atoms with Gasteiger partial charge in [-0.15, -0.1) is 21.5 Å². The predicted molar refractivity (Wildman–Crippen MR) is 96.5 cm³/mol. The Kier molecular flexibility index (Phi) is 5.47. The summed E-state index contributed by atoms with van der Waals surface area (Å²) in [5, 5.41) is 19.1. The molecule has 0 aromatic carbocycles. The van der Waals surface area contributed by atoms with Gasteiger partial charge in [0.15, 0.2) is 0 Å².